The lowest BCUT2D eigenvalue weighted by Gasteiger charge is -2.24. The second-order valence-electron chi connectivity index (χ2n) is 4.65. The fourth-order valence-electron chi connectivity index (χ4n) is 1.76. The maximum absolute atomic E-state index is 12.4. The molecular weight excluding hydrogens is 295 g/mol. The van der Waals surface area contributed by atoms with Crippen LogP contribution in [0.3, 0.4) is 0 Å². The van der Waals surface area contributed by atoms with Gasteiger partial charge in [-0.3, -0.25) is 4.79 Å². The number of carbonyl (C=O) groups is 1. The van der Waals surface area contributed by atoms with Crippen molar-refractivity contribution in [3.8, 4) is 0 Å². The van der Waals surface area contributed by atoms with Gasteiger partial charge in [0, 0.05) is 5.02 Å². The van der Waals surface area contributed by atoms with Gasteiger partial charge in [-0.05, 0) is 30.7 Å². The monoisotopic (exact) mass is 308 g/mol. The average Bonchev–Trinajstić information content (AvgIpc) is 2.43. The number of amides is 1. The van der Waals surface area contributed by atoms with Crippen LogP contribution in [0.25, 0.3) is 0 Å². The van der Waals surface area contributed by atoms with Crippen LogP contribution in [0.5, 0.6) is 0 Å². The minimum absolute atomic E-state index is 0.354. The Balaban J connectivity index is 2.26. The van der Waals surface area contributed by atoms with Gasteiger partial charge < -0.3 is 11.1 Å². The number of hydrogen-bond acceptors (Lipinski definition) is 2. The summed E-state index contributed by atoms with van der Waals surface area (Å²) in [5, 5.41) is 3.61. The zero-order valence-electron chi connectivity index (χ0n) is 10.9. The van der Waals surface area contributed by atoms with Crippen molar-refractivity contribution in [2.24, 2.45) is 5.73 Å². The maximum Gasteiger partial charge on any atom is 0.248 e. The molecule has 2 aromatic rings. The van der Waals surface area contributed by atoms with Gasteiger partial charge in [0.2, 0.25) is 5.91 Å². The van der Waals surface area contributed by atoms with E-state index in [0.29, 0.717) is 15.7 Å². The van der Waals surface area contributed by atoms with E-state index in [1.807, 2.05) is 18.2 Å². The van der Waals surface area contributed by atoms with Crippen LogP contribution in [0.4, 0.5) is 5.69 Å². The van der Waals surface area contributed by atoms with Gasteiger partial charge in [0.1, 0.15) is 5.54 Å². The number of nitrogens with one attached hydrogen (secondary N) is 1. The Bertz CT molecular complexity index is 627. The van der Waals surface area contributed by atoms with Gasteiger partial charge in [0.15, 0.2) is 0 Å². The van der Waals surface area contributed by atoms with Crippen molar-refractivity contribution in [3.63, 3.8) is 0 Å². The first-order valence-corrected chi connectivity index (χ1v) is 6.78. The van der Waals surface area contributed by atoms with Gasteiger partial charge >= 0.3 is 0 Å². The highest BCUT2D eigenvalue weighted by molar-refractivity contribution is 6.35. The maximum atomic E-state index is 12.4. The fourth-order valence-corrected chi connectivity index (χ4v) is 2.10. The Kier molecular flexibility index (Phi) is 4.33. The Morgan fingerprint density at radius 1 is 1.15 bits per heavy atom. The third-order valence-corrected chi connectivity index (χ3v) is 3.59. The van der Waals surface area contributed by atoms with Crippen LogP contribution in [0, 0.1) is 0 Å². The van der Waals surface area contributed by atoms with Crippen LogP contribution in [0.2, 0.25) is 10.0 Å². The van der Waals surface area contributed by atoms with E-state index in [9.17, 15) is 4.79 Å². The summed E-state index contributed by atoms with van der Waals surface area (Å²) in [7, 11) is 0. The molecule has 0 radical (unpaired) electrons. The van der Waals surface area contributed by atoms with E-state index >= 15 is 0 Å². The molecule has 104 valence electrons. The summed E-state index contributed by atoms with van der Waals surface area (Å²) in [6, 6.07) is 14.0. The SMILES string of the molecule is CC(N)(C(=O)Nc1cc(Cl)ccc1Cl)c1ccccc1. The lowest BCUT2D eigenvalue weighted by molar-refractivity contribution is -0.120. The van der Waals surface area contributed by atoms with Gasteiger partial charge in [-0.25, -0.2) is 0 Å². The normalized spacial score (nSPS) is 13.6. The number of carbonyl (C=O) groups excluding carboxylic acids is 1. The van der Waals surface area contributed by atoms with E-state index in [1.54, 1.807) is 37.3 Å². The van der Waals surface area contributed by atoms with E-state index in [-0.39, 0.29) is 5.91 Å². The quantitative estimate of drug-likeness (QED) is 0.906. The van der Waals surface area contributed by atoms with Gasteiger partial charge in [0.25, 0.3) is 0 Å². The Hall–Kier alpha value is -1.55. The predicted octanol–water partition coefficient (Wildman–Crippen LogP) is 3.81. The molecule has 3 nitrogen and oxygen atoms in total. The molecule has 0 aliphatic rings. The molecule has 0 fully saturated rings. The van der Waals surface area contributed by atoms with E-state index in [0.717, 1.165) is 5.56 Å². The van der Waals surface area contributed by atoms with Gasteiger partial charge in [-0.15, -0.1) is 0 Å². The highest BCUT2D eigenvalue weighted by Crippen LogP contribution is 2.27. The van der Waals surface area contributed by atoms with E-state index in [2.05, 4.69) is 5.32 Å². The smallest absolute Gasteiger partial charge is 0.248 e. The van der Waals surface area contributed by atoms with E-state index in [4.69, 9.17) is 28.9 Å². The van der Waals surface area contributed by atoms with Crippen LogP contribution in [-0.4, -0.2) is 5.91 Å². The average molecular weight is 309 g/mol. The van der Waals surface area contributed by atoms with Gasteiger partial charge in [-0.1, -0.05) is 53.5 Å². The largest absolute Gasteiger partial charge is 0.323 e. The molecule has 2 rings (SSSR count). The summed E-state index contributed by atoms with van der Waals surface area (Å²) < 4.78 is 0. The zero-order chi connectivity index (χ0) is 14.8. The summed E-state index contributed by atoms with van der Waals surface area (Å²) in [6.07, 6.45) is 0. The molecule has 0 bridgehead atoms. The number of benzene rings is 2. The molecule has 2 aromatic carbocycles. The number of anilines is 1. The summed E-state index contributed by atoms with van der Waals surface area (Å²) in [5.74, 6) is -0.354. The van der Waals surface area contributed by atoms with Crippen molar-refractivity contribution in [2.75, 3.05) is 5.32 Å². The predicted molar refractivity (Wildman–Crippen MR) is 83.1 cm³/mol. The molecule has 0 aliphatic heterocycles. The number of nitrogens with two attached hydrogens (primary N) is 1. The minimum atomic E-state index is -1.16. The Morgan fingerprint density at radius 2 is 1.80 bits per heavy atom. The lowest BCUT2D eigenvalue weighted by Crippen LogP contribution is -2.45. The zero-order valence-corrected chi connectivity index (χ0v) is 12.4. The van der Waals surface area contributed by atoms with Gasteiger partial charge in [0.05, 0.1) is 10.7 Å². The van der Waals surface area contributed by atoms with Crippen LogP contribution in [0.15, 0.2) is 48.5 Å². The Morgan fingerprint density at radius 3 is 2.45 bits per heavy atom. The molecule has 0 aliphatic carbocycles. The van der Waals surface area contributed by atoms with Crippen molar-refractivity contribution >= 4 is 34.8 Å². The molecule has 1 unspecified atom stereocenters. The first-order valence-electron chi connectivity index (χ1n) is 6.02. The topological polar surface area (TPSA) is 55.1 Å². The molecule has 0 saturated carbocycles. The van der Waals surface area contributed by atoms with Crippen molar-refractivity contribution < 1.29 is 4.79 Å². The highest BCUT2D eigenvalue weighted by atomic mass is 35.5. The second-order valence-corrected chi connectivity index (χ2v) is 5.49. The molecule has 0 heterocycles. The van der Waals surface area contributed by atoms with Crippen LogP contribution in [0.1, 0.15) is 12.5 Å². The molecular formula is C15H14Cl2N2O. The molecule has 5 heteroatoms. The Labute approximate surface area is 127 Å². The van der Waals surface area contributed by atoms with E-state index in [1.165, 1.54) is 0 Å². The molecule has 1 atom stereocenters. The molecule has 1 amide bonds. The van der Waals surface area contributed by atoms with Crippen molar-refractivity contribution in [2.45, 2.75) is 12.5 Å². The number of hydrogen-bond donors (Lipinski definition) is 2. The molecule has 0 saturated heterocycles. The molecule has 0 spiro atoms. The number of halogens is 2. The highest BCUT2D eigenvalue weighted by Gasteiger charge is 2.30. The number of rotatable bonds is 3. The summed E-state index contributed by atoms with van der Waals surface area (Å²) in [5.41, 5.74) is 6.13. The lowest BCUT2D eigenvalue weighted by atomic mass is 9.92. The molecule has 0 aromatic heterocycles. The first-order chi connectivity index (χ1) is 9.41. The second kappa shape index (κ2) is 5.83. The summed E-state index contributed by atoms with van der Waals surface area (Å²) in [6.45, 7) is 1.65. The summed E-state index contributed by atoms with van der Waals surface area (Å²) >= 11 is 11.9. The van der Waals surface area contributed by atoms with E-state index < -0.39 is 5.54 Å². The molecule has 20 heavy (non-hydrogen) atoms. The first kappa shape index (κ1) is 14.9. The van der Waals surface area contributed by atoms with Crippen molar-refractivity contribution in [3.05, 3.63) is 64.1 Å². The standard InChI is InChI=1S/C15H14Cl2N2O/c1-15(18,10-5-3-2-4-6-10)14(20)19-13-9-11(16)7-8-12(13)17/h2-9H,18H2,1H3,(H,19,20). The van der Waals surface area contributed by atoms with Crippen LogP contribution < -0.4 is 11.1 Å². The summed E-state index contributed by atoms with van der Waals surface area (Å²) in [4.78, 5) is 12.4. The molecule has 3 N–H and O–H groups in total. The van der Waals surface area contributed by atoms with Crippen LogP contribution >= 0.6 is 23.2 Å². The van der Waals surface area contributed by atoms with Crippen LogP contribution in [-0.2, 0) is 10.3 Å². The third kappa shape index (κ3) is 3.12. The van der Waals surface area contributed by atoms with Crippen molar-refractivity contribution in [1.29, 1.82) is 0 Å². The van der Waals surface area contributed by atoms with Crippen molar-refractivity contribution in [1.82, 2.24) is 0 Å². The van der Waals surface area contributed by atoms with Gasteiger partial charge in [-0.2, -0.15) is 0 Å². The fraction of sp³-hybridized carbons (Fsp3) is 0.133. The third-order valence-electron chi connectivity index (χ3n) is 3.02. The minimum Gasteiger partial charge on any atom is -0.323 e.